The van der Waals surface area contributed by atoms with Gasteiger partial charge in [-0.1, -0.05) is 6.08 Å². The molecule has 72 valence electrons. The van der Waals surface area contributed by atoms with Crippen LogP contribution in [0.15, 0.2) is 11.6 Å². The molecule has 0 aliphatic heterocycles. The summed E-state index contributed by atoms with van der Waals surface area (Å²) >= 11 is 0. The molecule has 13 heavy (non-hydrogen) atoms. The second-order valence-corrected chi connectivity index (χ2v) is 3.07. The van der Waals surface area contributed by atoms with Gasteiger partial charge in [0.1, 0.15) is 0 Å². The maximum atomic E-state index is 12.1. The summed E-state index contributed by atoms with van der Waals surface area (Å²) < 4.78 is 36.4. The highest BCUT2D eigenvalue weighted by molar-refractivity contribution is 5.17. The first-order valence-corrected chi connectivity index (χ1v) is 3.86. The number of hydrogen-bond donors (Lipinski definition) is 1. The van der Waals surface area contributed by atoms with Crippen molar-refractivity contribution in [3.05, 3.63) is 11.6 Å². The Kier molecular flexibility index (Phi) is 2.62. The lowest BCUT2D eigenvalue weighted by atomic mass is 9.86. The monoisotopic (exact) mass is 190 g/mol. The number of nitriles is 1. The van der Waals surface area contributed by atoms with E-state index < -0.39 is 23.7 Å². The smallest absolute Gasteiger partial charge is 0.326 e. The lowest BCUT2D eigenvalue weighted by Crippen LogP contribution is -2.34. The molecule has 0 saturated heterocycles. The molecular formula is C8H9F3N2. The molecule has 0 aromatic rings. The van der Waals surface area contributed by atoms with Crippen molar-refractivity contribution in [3.63, 3.8) is 0 Å². The van der Waals surface area contributed by atoms with Gasteiger partial charge in [0.15, 0.2) is 0 Å². The van der Waals surface area contributed by atoms with E-state index in [4.69, 9.17) is 11.0 Å². The summed E-state index contributed by atoms with van der Waals surface area (Å²) in [5.74, 6) is -0.480. The number of halogens is 3. The third-order valence-corrected chi connectivity index (χ3v) is 2.12. The highest BCUT2D eigenvalue weighted by Crippen LogP contribution is 2.34. The van der Waals surface area contributed by atoms with E-state index in [0.717, 1.165) is 6.08 Å². The van der Waals surface area contributed by atoms with Crippen molar-refractivity contribution in [2.24, 2.45) is 11.7 Å². The Morgan fingerprint density at radius 2 is 2.15 bits per heavy atom. The van der Waals surface area contributed by atoms with Gasteiger partial charge in [0, 0.05) is 11.6 Å². The Hall–Kier alpha value is -1.02. The number of allylic oxidation sites excluding steroid dienone is 1. The Morgan fingerprint density at radius 1 is 1.54 bits per heavy atom. The lowest BCUT2D eigenvalue weighted by Gasteiger charge is -2.24. The van der Waals surface area contributed by atoms with Crippen LogP contribution in [0.1, 0.15) is 12.8 Å². The molecule has 0 heterocycles. The van der Waals surface area contributed by atoms with Crippen LogP contribution >= 0.6 is 0 Å². The van der Waals surface area contributed by atoms with Crippen molar-refractivity contribution in [3.8, 4) is 6.07 Å². The molecule has 0 amide bonds. The fourth-order valence-electron chi connectivity index (χ4n) is 1.30. The number of alkyl halides is 3. The zero-order chi connectivity index (χ0) is 10.1. The van der Waals surface area contributed by atoms with Crippen molar-refractivity contribution in [2.75, 3.05) is 0 Å². The Bertz CT molecular complexity index is 262. The van der Waals surface area contributed by atoms with Gasteiger partial charge < -0.3 is 5.73 Å². The van der Waals surface area contributed by atoms with Crippen molar-refractivity contribution < 1.29 is 13.2 Å². The minimum atomic E-state index is -4.29. The summed E-state index contributed by atoms with van der Waals surface area (Å²) in [5.41, 5.74) is 4.81. The van der Waals surface area contributed by atoms with Crippen LogP contribution in [0.25, 0.3) is 0 Å². The summed E-state index contributed by atoms with van der Waals surface area (Å²) in [6.45, 7) is 0. The van der Waals surface area contributed by atoms with E-state index in [0.29, 0.717) is 0 Å². The van der Waals surface area contributed by atoms with Crippen molar-refractivity contribution in [1.82, 2.24) is 0 Å². The predicted molar refractivity (Wildman–Crippen MR) is 40.5 cm³/mol. The van der Waals surface area contributed by atoms with Gasteiger partial charge in [-0.25, -0.2) is 0 Å². The van der Waals surface area contributed by atoms with Gasteiger partial charge in [0.05, 0.1) is 12.0 Å². The zero-order valence-corrected chi connectivity index (χ0v) is 6.80. The molecular weight excluding hydrogens is 181 g/mol. The normalized spacial score (nSPS) is 29.3. The van der Waals surface area contributed by atoms with Crippen LogP contribution in [0.5, 0.6) is 0 Å². The maximum absolute atomic E-state index is 12.1. The molecule has 0 radical (unpaired) electrons. The lowest BCUT2D eigenvalue weighted by molar-refractivity contribution is -0.0959. The van der Waals surface area contributed by atoms with Crippen molar-refractivity contribution >= 4 is 0 Å². The van der Waals surface area contributed by atoms with Crippen LogP contribution in [0.2, 0.25) is 0 Å². The number of nitrogens with two attached hydrogens (primary N) is 1. The largest absolute Gasteiger partial charge is 0.412 e. The molecule has 0 aromatic heterocycles. The summed E-state index contributed by atoms with van der Waals surface area (Å²) in [7, 11) is 0. The van der Waals surface area contributed by atoms with Crippen LogP contribution in [0, 0.1) is 17.2 Å². The topological polar surface area (TPSA) is 49.8 Å². The number of rotatable bonds is 0. The van der Waals surface area contributed by atoms with Crippen molar-refractivity contribution in [1.29, 1.82) is 5.26 Å². The predicted octanol–water partition coefficient (Wildman–Crippen LogP) is 1.74. The fourth-order valence-corrected chi connectivity index (χ4v) is 1.30. The van der Waals surface area contributed by atoms with Gasteiger partial charge in [-0.3, -0.25) is 0 Å². The van der Waals surface area contributed by atoms with E-state index in [2.05, 4.69) is 0 Å². The maximum Gasteiger partial charge on any atom is 0.412 e. The molecule has 2 unspecified atom stereocenters. The minimum Gasteiger partial charge on any atom is -0.326 e. The van der Waals surface area contributed by atoms with Crippen LogP contribution in [0.3, 0.4) is 0 Å². The van der Waals surface area contributed by atoms with E-state index >= 15 is 0 Å². The quantitative estimate of drug-likeness (QED) is 0.591. The van der Waals surface area contributed by atoms with Gasteiger partial charge in [-0.15, -0.1) is 0 Å². The minimum absolute atomic E-state index is 0.104. The summed E-state index contributed by atoms with van der Waals surface area (Å²) in [4.78, 5) is 0. The van der Waals surface area contributed by atoms with Gasteiger partial charge >= 0.3 is 6.18 Å². The summed E-state index contributed by atoms with van der Waals surface area (Å²) in [6.07, 6.45) is -3.37. The Morgan fingerprint density at radius 3 is 2.54 bits per heavy atom. The SMILES string of the molecule is N#CC1CC=C(C(F)(F)F)CC1N. The van der Waals surface area contributed by atoms with E-state index in [-0.39, 0.29) is 12.8 Å². The van der Waals surface area contributed by atoms with Gasteiger partial charge in [-0.2, -0.15) is 18.4 Å². The average Bonchev–Trinajstić information content (AvgIpc) is 2.02. The number of hydrogen-bond acceptors (Lipinski definition) is 2. The summed E-state index contributed by atoms with van der Waals surface area (Å²) in [5, 5.41) is 8.51. The molecule has 0 aromatic carbocycles. The average molecular weight is 190 g/mol. The molecule has 1 aliphatic rings. The van der Waals surface area contributed by atoms with Crippen LogP contribution in [-0.4, -0.2) is 12.2 Å². The van der Waals surface area contributed by atoms with E-state index in [1.807, 2.05) is 6.07 Å². The van der Waals surface area contributed by atoms with Crippen LogP contribution in [-0.2, 0) is 0 Å². The first-order chi connectivity index (χ1) is 5.95. The van der Waals surface area contributed by atoms with Gasteiger partial charge in [-0.05, 0) is 12.8 Å². The van der Waals surface area contributed by atoms with Crippen molar-refractivity contribution in [2.45, 2.75) is 25.1 Å². The van der Waals surface area contributed by atoms with Crippen LogP contribution in [0.4, 0.5) is 13.2 Å². The molecule has 1 aliphatic carbocycles. The third kappa shape index (κ3) is 2.22. The fraction of sp³-hybridized carbons (Fsp3) is 0.625. The van der Waals surface area contributed by atoms with Gasteiger partial charge in [0.2, 0.25) is 0 Å². The first kappa shape index (κ1) is 10.1. The molecule has 0 spiro atoms. The second kappa shape index (κ2) is 3.38. The second-order valence-electron chi connectivity index (χ2n) is 3.07. The van der Waals surface area contributed by atoms with Crippen LogP contribution < -0.4 is 5.73 Å². The zero-order valence-electron chi connectivity index (χ0n) is 6.80. The van der Waals surface area contributed by atoms with Gasteiger partial charge in [0.25, 0.3) is 0 Å². The standard InChI is InChI=1S/C8H9F3N2/c9-8(10,11)6-2-1-5(4-12)7(13)3-6/h2,5,7H,1,3,13H2. The van der Waals surface area contributed by atoms with E-state index in [1.54, 1.807) is 0 Å². The Labute approximate surface area is 73.8 Å². The highest BCUT2D eigenvalue weighted by atomic mass is 19.4. The summed E-state index contributed by atoms with van der Waals surface area (Å²) in [6, 6.07) is 1.20. The molecule has 0 fully saturated rings. The third-order valence-electron chi connectivity index (χ3n) is 2.12. The highest BCUT2D eigenvalue weighted by Gasteiger charge is 2.37. The molecule has 5 heteroatoms. The van der Waals surface area contributed by atoms with E-state index in [1.165, 1.54) is 0 Å². The molecule has 2 N–H and O–H groups in total. The molecule has 0 saturated carbocycles. The molecule has 1 rings (SSSR count). The Balaban J connectivity index is 2.76. The first-order valence-electron chi connectivity index (χ1n) is 3.86. The molecule has 2 atom stereocenters. The van der Waals surface area contributed by atoms with E-state index in [9.17, 15) is 13.2 Å². The molecule has 0 bridgehead atoms. The molecule has 2 nitrogen and oxygen atoms in total. The number of nitrogens with zero attached hydrogens (tertiary/aromatic N) is 1.